The van der Waals surface area contributed by atoms with Gasteiger partial charge < -0.3 is 10.6 Å². The predicted octanol–water partition coefficient (Wildman–Crippen LogP) is 3.30. The number of rotatable bonds is 4. The van der Waals surface area contributed by atoms with Gasteiger partial charge in [-0.1, -0.05) is 13.3 Å². The first-order valence-electron chi connectivity index (χ1n) is 5.45. The molecule has 2 N–H and O–H groups in total. The van der Waals surface area contributed by atoms with Crippen LogP contribution in [0.4, 0.5) is 10.1 Å². The molecule has 0 bridgehead atoms. The number of hydrogen-bond donors (Lipinski definition) is 2. The smallest absolute Gasteiger partial charge is 0.170 e. The second-order valence-corrected chi connectivity index (χ2v) is 4.20. The third-order valence-electron chi connectivity index (χ3n) is 2.20. The maximum absolute atomic E-state index is 12.7. The molecule has 0 spiro atoms. The highest BCUT2D eigenvalue weighted by molar-refractivity contribution is 7.80. The summed E-state index contributed by atoms with van der Waals surface area (Å²) in [5, 5.41) is 6.76. The first-order chi connectivity index (χ1) is 7.61. The van der Waals surface area contributed by atoms with Gasteiger partial charge in [-0.2, -0.15) is 0 Å². The van der Waals surface area contributed by atoms with Crippen LogP contribution in [0, 0.1) is 5.82 Å². The molecule has 0 saturated carbocycles. The maximum Gasteiger partial charge on any atom is 0.170 e. The molecular weight excluding hydrogens is 223 g/mol. The summed E-state index contributed by atoms with van der Waals surface area (Å²) in [6.07, 6.45) is 2.19. The van der Waals surface area contributed by atoms with Gasteiger partial charge in [0.2, 0.25) is 0 Å². The van der Waals surface area contributed by atoms with E-state index in [1.165, 1.54) is 12.1 Å². The van der Waals surface area contributed by atoms with Gasteiger partial charge in [0.25, 0.3) is 0 Å². The lowest BCUT2D eigenvalue weighted by Gasteiger charge is -2.16. The Labute approximate surface area is 101 Å². The molecule has 0 heterocycles. The Bertz CT molecular complexity index is 337. The van der Waals surface area contributed by atoms with Crippen LogP contribution in [-0.4, -0.2) is 11.2 Å². The van der Waals surface area contributed by atoms with Gasteiger partial charge in [-0.15, -0.1) is 0 Å². The predicted molar refractivity (Wildman–Crippen MR) is 70.1 cm³/mol. The molecule has 0 aliphatic rings. The Kier molecular flexibility index (Phi) is 5.19. The molecule has 88 valence electrons. The lowest BCUT2D eigenvalue weighted by Crippen LogP contribution is -2.35. The van der Waals surface area contributed by atoms with Crippen molar-refractivity contribution in [3.8, 4) is 0 Å². The molecule has 0 aliphatic heterocycles. The molecule has 0 aliphatic carbocycles. The van der Waals surface area contributed by atoms with Crippen LogP contribution >= 0.6 is 12.2 Å². The number of benzene rings is 1. The maximum atomic E-state index is 12.7. The summed E-state index contributed by atoms with van der Waals surface area (Å²) in [4.78, 5) is 0. The lowest BCUT2D eigenvalue weighted by molar-refractivity contribution is 0.599. The summed E-state index contributed by atoms with van der Waals surface area (Å²) in [5.41, 5.74) is 0.794. The fourth-order valence-corrected chi connectivity index (χ4v) is 1.75. The fraction of sp³-hybridized carbons (Fsp3) is 0.417. The number of anilines is 1. The number of thiocarbonyl (C=S) groups is 1. The van der Waals surface area contributed by atoms with E-state index in [1.807, 2.05) is 0 Å². The Hall–Kier alpha value is -1.16. The number of hydrogen-bond acceptors (Lipinski definition) is 1. The van der Waals surface area contributed by atoms with Crippen molar-refractivity contribution in [1.82, 2.24) is 5.32 Å². The number of halogens is 1. The average molecular weight is 240 g/mol. The molecule has 1 atom stereocenters. The zero-order chi connectivity index (χ0) is 12.0. The van der Waals surface area contributed by atoms with Gasteiger partial charge in [0.15, 0.2) is 5.11 Å². The molecular formula is C12H17FN2S. The SMILES string of the molecule is CCCC(C)NC(=S)Nc1ccc(F)cc1. The molecule has 4 heteroatoms. The first kappa shape index (κ1) is 12.9. The van der Waals surface area contributed by atoms with Gasteiger partial charge in [-0.25, -0.2) is 4.39 Å². The third kappa shape index (κ3) is 4.57. The van der Waals surface area contributed by atoms with Gasteiger partial charge in [-0.05, 0) is 49.8 Å². The van der Waals surface area contributed by atoms with Crippen LogP contribution in [-0.2, 0) is 0 Å². The zero-order valence-corrected chi connectivity index (χ0v) is 10.4. The van der Waals surface area contributed by atoms with Crippen molar-refractivity contribution < 1.29 is 4.39 Å². The molecule has 1 rings (SSSR count). The Balaban J connectivity index is 2.42. The molecule has 0 saturated heterocycles. The van der Waals surface area contributed by atoms with Crippen LogP contribution in [0.1, 0.15) is 26.7 Å². The van der Waals surface area contributed by atoms with E-state index in [0.717, 1.165) is 18.5 Å². The molecule has 0 amide bonds. The van der Waals surface area contributed by atoms with Crippen molar-refractivity contribution in [1.29, 1.82) is 0 Å². The molecule has 0 fully saturated rings. The summed E-state index contributed by atoms with van der Waals surface area (Å²) in [5.74, 6) is -0.247. The van der Waals surface area contributed by atoms with E-state index in [1.54, 1.807) is 12.1 Å². The van der Waals surface area contributed by atoms with E-state index >= 15 is 0 Å². The highest BCUT2D eigenvalue weighted by Crippen LogP contribution is 2.08. The van der Waals surface area contributed by atoms with Crippen LogP contribution in [0.2, 0.25) is 0 Å². The van der Waals surface area contributed by atoms with Crippen LogP contribution in [0.25, 0.3) is 0 Å². The van der Waals surface area contributed by atoms with E-state index in [4.69, 9.17) is 12.2 Å². The van der Waals surface area contributed by atoms with Crippen LogP contribution < -0.4 is 10.6 Å². The van der Waals surface area contributed by atoms with E-state index in [2.05, 4.69) is 24.5 Å². The van der Waals surface area contributed by atoms with Crippen molar-refractivity contribution >= 4 is 23.0 Å². The van der Waals surface area contributed by atoms with Crippen LogP contribution in [0.15, 0.2) is 24.3 Å². The Morgan fingerprint density at radius 1 is 1.38 bits per heavy atom. The summed E-state index contributed by atoms with van der Waals surface area (Å²) in [7, 11) is 0. The minimum Gasteiger partial charge on any atom is -0.360 e. The quantitative estimate of drug-likeness (QED) is 0.790. The van der Waals surface area contributed by atoms with E-state index in [9.17, 15) is 4.39 Å². The van der Waals surface area contributed by atoms with Crippen molar-refractivity contribution in [3.63, 3.8) is 0 Å². The standard InChI is InChI=1S/C12H17FN2S/c1-3-4-9(2)14-12(16)15-11-7-5-10(13)6-8-11/h5-9H,3-4H2,1-2H3,(H2,14,15,16). The third-order valence-corrected chi connectivity index (χ3v) is 2.42. The summed E-state index contributed by atoms with van der Waals surface area (Å²) >= 11 is 5.14. The molecule has 1 aromatic rings. The highest BCUT2D eigenvalue weighted by atomic mass is 32.1. The molecule has 16 heavy (non-hydrogen) atoms. The summed E-state index contributed by atoms with van der Waals surface area (Å²) in [6, 6.07) is 6.48. The van der Waals surface area contributed by atoms with Gasteiger partial charge in [0.05, 0.1) is 0 Å². The average Bonchev–Trinajstić information content (AvgIpc) is 2.21. The van der Waals surface area contributed by atoms with Crippen LogP contribution in [0.5, 0.6) is 0 Å². The normalized spacial score (nSPS) is 11.9. The van der Waals surface area contributed by atoms with Crippen molar-refractivity contribution in [2.24, 2.45) is 0 Å². The van der Waals surface area contributed by atoms with Crippen molar-refractivity contribution in [2.45, 2.75) is 32.7 Å². The second kappa shape index (κ2) is 6.43. The highest BCUT2D eigenvalue weighted by Gasteiger charge is 2.02. The van der Waals surface area contributed by atoms with E-state index in [0.29, 0.717) is 11.2 Å². The topological polar surface area (TPSA) is 24.1 Å². The van der Waals surface area contributed by atoms with Crippen molar-refractivity contribution in [2.75, 3.05) is 5.32 Å². The van der Waals surface area contributed by atoms with Gasteiger partial charge in [0.1, 0.15) is 5.82 Å². The van der Waals surface area contributed by atoms with Crippen LogP contribution in [0.3, 0.4) is 0 Å². The monoisotopic (exact) mass is 240 g/mol. The van der Waals surface area contributed by atoms with E-state index in [-0.39, 0.29) is 5.82 Å². The zero-order valence-electron chi connectivity index (χ0n) is 9.59. The largest absolute Gasteiger partial charge is 0.360 e. The fourth-order valence-electron chi connectivity index (χ4n) is 1.43. The minimum atomic E-state index is -0.247. The molecule has 0 aromatic heterocycles. The first-order valence-corrected chi connectivity index (χ1v) is 5.85. The molecule has 0 radical (unpaired) electrons. The van der Waals surface area contributed by atoms with E-state index < -0.39 is 0 Å². The lowest BCUT2D eigenvalue weighted by atomic mass is 10.2. The molecule has 2 nitrogen and oxygen atoms in total. The minimum absolute atomic E-state index is 0.247. The Morgan fingerprint density at radius 2 is 2.00 bits per heavy atom. The molecule has 1 aromatic carbocycles. The Morgan fingerprint density at radius 3 is 2.56 bits per heavy atom. The summed E-state index contributed by atoms with van der Waals surface area (Å²) in [6.45, 7) is 4.22. The second-order valence-electron chi connectivity index (χ2n) is 3.80. The molecule has 1 unspecified atom stereocenters. The van der Waals surface area contributed by atoms with Gasteiger partial charge >= 0.3 is 0 Å². The van der Waals surface area contributed by atoms with Gasteiger partial charge in [0, 0.05) is 11.7 Å². The summed E-state index contributed by atoms with van der Waals surface area (Å²) < 4.78 is 12.7. The van der Waals surface area contributed by atoms with Gasteiger partial charge in [-0.3, -0.25) is 0 Å². The van der Waals surface area contributed by atoms with Crippen molar-refractivity contribution in [3.05, 3.63) is 30.1 Å². The number of nitrogens with one attached hydrogen (secondary N) is 2.